The maximum absolute atomic E-state index is 13.2. The molecule has 6 heteroatoms. The van der Waals surface area contributed by atoms with Crippen LogP contribution >= 0.6 is 0 Å². The molecule has 0 unspecified atom stereocenters. The van der Waals surface area contributed by atoms with Crippen LogP contribution in [0.2, 0.25) is 0 Å². The molecule has 4 rings (SSSR count). The van der Waals surface area contributed by atoms with Crippen molar-refractivity contribution >= 4 is 11.8 Å². The molecule has 2 heterocycles. The number of amides is 2. The molecule has 1 fully saturated rings. The van der Waals surface area contributed by atoms with Crippen LogP contribution in [0, 0.1) is 5.92 Å². The van der Waals surface area contributed by atoms with Crippen molar-refractivity contribution < 1.29 is 14.3 Å². The highest BCUT2D eigenvalue weighted by Gasteiger charge is 2.32. The predicted molar refractivity (Wildman–Crippen MR) is 129 cm³/mol. The van der Waals surface area contributed by atoms with Gasteiger partial charge in [-0.25, -0.2) is 0 Å². The van der Waals surface area contributed by atoms with Crippen LogP contribution in [0.5, 0.6) is 5.75 Å². The second kappa shape index (κ2) is 11.3. The Morgan fingerprint density at radius 3 is 2.61 bits per heavy atom. The van der Waals surface area contributed by atoms with Crippen molar-refractivity contribution in [1.82, 2.24) is 15.1 Å². The molecule has 2 aromatic rings. The lowest BCUT2D eigenvalue weighted by atomic mass is 9.86. The van der Waals surface area contributed by atoms with E-state index in [1.165, 1.54) is 5.56 Å². The number of likely N-dealkylation sites (tertiary alicyclic amines) is 1. The molecule has 0 spiro atoms. The lowest BCUT2D eigenvalue weighted by molar-refractivity contribution is -0.130. The van der Waals surface area contributed by atoms with Gasteiger partial charge >= 0.3 is 0 Å². The maximum Gasteiger partial charge on any atom is 0.255 e. The van der Waals surface area contributed by atoms with Crippen LogP contribution in [0.25, 0.3) is 0 Å². The van der Waals surface area contributed by atoms with Crippen molar-refractivity contribution in [1.29, 1.82) is 0 Å². The normalized spacial score (nSPS) is 22.8. The minimum atomic E-state index is -0.121. The monoisotopic (exact) mass is 449 g/mol. The van der Waals surface area contributed by atoms with Gasteiger partial charge in [-0.3, -0.25) is 14.5 Å². The first-order chi connectivity index (χ1) is 16.1. The molecule has 2 atom stereocenters. The molecule has 0 bridgehead atoms. The summed E-state index contributed by atoms with van der Waals surface area (Å²) in [5, 5.41) is 3.23. The van der Waals surface area contributed by atoms with Crippen LogP contribution in [-0.2, 0) is 11.3 Å². The van der Waals surface area contributed by atoms with Gasteiger partial charge in [0, 0.05) is 39.1 Å². The summed E-state index contributed by atoms with van der Waals surface area (Å²) >= 11 is 0. The summed E-state index contributed by atoms with van der Waals surface area (Å²) in [4.78, 5) is 29.5. The third-order valence-electron chi connectivity index (χ3n) is 6.86. The molecule has 176 valence electrons. The predicted octanol–water partition coefficient (Wildman–Crippen LogP) is 3.72. The first-order valence-electron chi connectivity index (χ1n) is 12.1. The van der Waals surface area contributed by atoms with Crippen molar-refractivity contribution in [3.63, 3.8) is 0 Å². The lowest BCUT2D eigenvalue weighted by Crippen LogP contribution is -2.53. The van der Waals surface area contributed by atoms with Crippen LogP contribution in [0.4, 0.5) is 0 Å². The van der Waals surface area contributed by atoms with Crippen LogP contribution in [0.3, 0.4) is 0 Å². The van der Waals surface area contributed by atoms with Gasteiger partial charge in [-0.1, -0.05) is 48.9 Å². The zero-order chi connectivity index (χ0) is 23.0. The van der Waals surface area contributed by atoms with Crippen molar-refractivity contribution in [3.05, 3.63) is 65.7 Å². The number of carbonyl (C=O) groups excluding carboxylic acids is 2. The Hall–Kier alpha value is -2.86. The minimum absolute atomic E-state index is 0.0356. The fourth-order valence-electron chi connectivity index (χ4n) is 4.96. The van der Waals surface area contributed by atoms with Crippen molar-refractivity contribution in [2.24, 2.45) is 5.92 Å². The van der Waals surface area contributed by atoms with E-state index in [1.807, 2.05) is 35.2 Å². The second-order valence-electron chi connectivity index (χ2n) is 9.20. The van der Waals surface area contributed by atoms with E-state index < -0.39 is 0 Å². The van der Waals surface area contributed by atoms with E-state index in [0.29, 0.717) is 30.4 Å². The zero-order valence-electron chi connectivity index (χ0n) is 19.5. The summed E-state index contributed by atoms with van der Waals surface area (Å²) in [5.74, 6) is 0.942. The molecule has 0 aromatic heterocycles. The highest BCUT2D eigenvalue weighted by atomic mass is 16.5. The van der Waals surface area contributed by atoms with Gasteiger partial charge in [0.1, 0.15) is 12.4 Å². The summed E-state index contributed by atoms with van der Waals surface area (Å²) in [5.41, 5.74) is 1.86. The lowest BCUT2D eigenvalue weighted by Gasteiger charge is -2.39. The summed E-state index contributed by atoms with van der Waals surface area (Å²) in [6.45, 7) is 6.21. The molecule has 2 amide bonds. The molecule has 33 heavy (non-hydrogen) atoms. The van der Waals surface area contributed by atoms with Gasteiger partial charge in [-0.05, 0) is 49.4 Å². The summed E-state index contributed by atoms with van der Waals surface area (Å²) in [6, 6.07) is 18.0. The number of rotatable bonds is 2. The largest absolute Gasteiger partial charge is 0.491 e. The maximum atomic E-state index is 13.2. The van der Waals surface area contributed by atoms with E-state index in [1.54, 1.807) is 6.92 Å². The number of carbonyl (C=O) groups is 2. The molecular formula is C27H35N3O3. The third-order valence-corrected chi connectivity index (χ3v) is 6.86. The van der Waals surface area contributed by atoms with E-state index in [4.69, 9.17) is 4.74 Å². The number of fused-ring (bicyclic) bond motifs is 2. The standard InChI is InChI=1S/C27H35N3O3/c1-21(31)30-16-14-23-11-7-8-15-29(19-22-9-3-2-4-10-22)17-18-33-26-13-6-5-12-24(26)27(32)28-25(23)20-30/h2-6,9-10,12-13,23,25H,7-8,11,14-20H2,1H3,(H,28,32)/t23-,25+/m1/s1. The SMILES string of the molecule is CC(=O)N1CC[C@H]2CCCCN(Cc3ccccc3)CCOc3ccccc3C(=O)N[C@H]2C1. The average molecular weight is 450 g/mol. The minimum Gasteiger partial charge on any atom is -0.491 e. The Balaban J connectivity index is 1.52. The van der Waals surface area contributed by atoms with Crippen molar-refractivity contribution in [2.45, 2.75) is 45.2 Å². The Morgan fingerprint density at radius 2 is 1.79 bits per heavy atom. The number of hydrogen-bond donors (Lipinski definition) is 1. The average Bonchev–Trinajstić information content (AvgIpc) is 2.82. The van der Waals surface area contributed by atoms with Gasteiger partial charge in [-0.2, -0.15) is 0 Å². The van der Waals surface area contributed by atoms with Crippen LogP contribution in [-0.4, -0.2) is 60.4 Å². The van der Waals surface area contributed by atoms with E-state index in [2.05, 4.69) is 34.5 Å². The Bertz CT molecular complexity index is 933. The van der Waals surface area contributed by atoms with E-state index in [9.17, 15) is 9.59 Å². The van der Waals surface area contributed by atoms with Crippen LogP contribution in [0.1, 0.15) is 48.5 Å². The molecule has 0 saturated carbocycles. The van der Waals surface area contributed by atoms with Gasteiger partial charge in [0.25, 0.3) is 5.91 Å². The number of hydrogen-bond acceptors (Lipinski definition) is 4. The molecule has 1 saturated heterocycles. The first-order valence-corrected chi connectivity index (χ1v) is 12.1. The quantitative estimate of drug-likeness (QED) is 0.759. The first kappa shape index (κ1) is 23.3. The van der Waals surface area contributed by atoms with Crippen LogP contribution < -0.4 is 10.1 Å². The molecule has 2 aromatic carbocycles. The van der Waals surface area contributed by atoms with E-state index >= 15 is 0 Å². The van der Waals surface area contributed by atoms with Gasteiger partial charge < -0.3 is 15.0 Å². The molecule has 0 aliphatic carbocycles. The number of para-hydroxylation sites is 1. The highest BCUT2D eigenvalue weighted by Crippen LogP contribution is 2.26. The number of nitrogens with zero attached hydrogens (tertiary/aromatic N) is 2. The number of ether oxygens (including phenoxy) is 1. The third kappa shape index (κ3) is 6.35. The molecule has 2 aliphatic rings. The summed E-state index contributed by atoms with van der Waals surface area (Å²) in [7, 11) is 0. The Labute approximate surface area is 196 Å². The van der Waals surface area contributed by atoms with Crippen LogP contribution in [0.15, 0.2) is 54.6 Å². The highest BCUT2D eigenvalue weighted by molar-refractivity contribution is 5.97. The zero-order valence-corrected chi connectivity index (χ0v) is 19.5. The molecule has 6 nitrogen and oxygen atoms in total. The number of piperidine rings is 1. The van der Waals surface area contributed by atoms with E-state index in [0.717, 1.165) is 51.9 Å². The summed E-state index contributed by atoms with van der Waals surface area (Å²) < 4.78 is 6.10. The smallest absolute Gasteiger partial charge is 0.255 e. The second-order valence-corrected chi connectivity index (χ2v) is 9.20. The van der Waals surface area contributed by atoms with Crippen molar-refractivity contribution in [2.75, 3.05) is 32.8 Å². The van der Waals surface area contributed by atoms with Gasteiger partial charge in [0.05, 0.1) is 5.56 Å². The Morgan fingerprint density at radius 1 is 1.00 bits per heavy atom. The summed E-state index contributed by atoms with van der Waals surface area (Å²) in [6.07, 6.45) is 4.21. The molecule has 2 aliphatic heterocycles. The molecule has 1 N–H and O–H groups in total. The fourth-order valence-corrected chi connectivity index (χ4v) is 4.96. The van der Waals surface area contributed by atoms with Crippen molar-refractivity contribution in [3.8, 4) is 5.75 Å². The number of nitrogens with one attached hydrogen (secondary N) is 1. The van der Waals surface area contributed by atoms with Gasteiger partial charge in [0.15, 0.2) is 0 Å². The van der Waals surface area contributed by atoms with Gasteiger partial charge in [-0.15, -0.1) is 0 Å². The van der Waals surface area contributed by atoms with E-state index in [-0.39, 0.29) is 17.9 Å². The fraction of sp³-hybridized carbons (Fsp3) is 0.481. The Kier molecular flexibility index (Phi) is 8.00. The topological polar surface area (TPSA) is 61.9 Å². The molecular weight excluding hydrogens is 414 g/mol. The molecule has 0 radical (unpaired) electrons. The van der Waals surface area contributed by atoms with Gasteiger partial charge in [0.2, 0.25) is 5.91 Å². The number of benzene rings is 2.